The zero-order valence-corrected chi connectivity index (χ0v) is 33.4. The highest BCUT2D eigenvalue weighted by Gasteiger charge is 2.88. The van der Waals surface area contributed by atoms with E-state index in [1.807, 2.05) is 6.92 Å². The molecule has 5 saturated heterocycles. The molecule has 0 aromatic heterocycles. The average Bonchev–Trinajstić information content (AvgIpc) is 3.78. The fourth-order valence-electron chi connectivity index (χ4n) is 13.3. The molecule has 17 atom stereocenters. The molecule has 17 unspecified atom stereocenters. The third kappa shape index (κ3) is 6.04. The van der Waals surface area contributed by atoms with Crippen molar-refractivity contribution in [1.29, 1.82) is 0 Å². The van der Waals surface area contributed by atoms with E-state index in [-0.39, 0.29) is 65.8 Å². The van der Waals surface area contributed by atoms with Crippen LogP contribution in [0.15, 0.2) is 24.3 Å². The van der Waals surface area contributed by atoms with Gasteiger partial charge < -0.3 is 24.6 Å². The van der Waals surface area contributed by atoms with Crippen LogP contribution in [0, 0.1) is 70.4 Å². The first-order chi connectivity index (χ1) is 25.6. The number of rotatable bonds is 10. The van der Waals surface area contributed by atoms with Gasteiger partial charge in [0.1, 0.15) is 11.4 Å². The van der Waals surface area contributed by atoms with Crippen LogP contribution in [0.1, 0.15) is 118 Å². The number of amides is 1. The van der Waals surface area contributed by atoms with Crippen LogP contribution >= 0.6 is 0 Å². The van der Waals surface area contributed by atoms with Gasteiger partial charge in [-0.15, -0.1) is 0 Å². The SMILES string of the molecule is CC1CCC(C(C)C(O)CC(CC2OC34OC(C)(OO)CCC5C(C)CCC(C2C)C53C4C)C(=O)NCc2ccc(F)cc2)C23COC(C)(CCC12)OO3. The van der Waals surface area contributed by atoms with Gasteiger partial charge in [0.05, 0.1) is 18.8 Å². The Bertz CT molecular complexity index is 1540. The van der Waals surface area contributed by atoms with E-state index in [2.05, 4.69) is 39.9 Å². The molecule has 8 fully saturated rings. The number of aliphatic hydroxyl groups excluding tert-OH is 1. The number of carbonyl (C=O) groups excluding carboxylic acids is 1. The summed E-state index contributed by atoms with van der Waals surface area (Å²) < 4.78 is 34.1. The molecule has 3 N–H and O–H groups in total. The highest BCUT2D eigenvalue weighted by atomic mass is 19.1. The summed E-state index contributed by atoms with van der Waals surface area (Å²) in [5.74, 6) is -2.04. The van der Waals surface area contributed by atoms with Crippen molar-refractivity contribution in [3.05, 3.63) is 35.6 Å². The van der Waals surface area contributed by atoms with Crippen LogP contribution in [0.25, 0.3) is 0 Å². The minimum absolute atomic E-state index is 0.0207. The Morgan fingerprint density at radius 2 is 1.67 bits per heavy atom. The largest absolute Gasteiger partial charge is 0.393 e. The molecule has 8 aliphatic rings. The normalized spacial score (nSPS) is 48.2. The van der Waals surface area contributed by atoms with E-state index in [0.717, 1.165) is 50.5 Å². The topological polar surface area (TPSA) is 125 Å². The fraction of sp³-hybridized carbons (Fsp3) is 0.837. The monoisotopic (exact) mass is 757 g/mol. The lowest BCUT2D eigenvalue weighted by atomic mass is 9.57. The summed E-state index contributed by atoms with van der Waals surface area (Å²) in [6.07, 6.45) is 6.74. The van der Waals surface area contributed by atoms with Crippen LogP contribution in [0.2, 0.25) is 0 Å². The molecular weight excluding hydrogens is 693 g/mol. The molecule has 1 aromatic carbocycles. The Morgan fingerprint density at radius 1 is 0.963 bits per heavy atom. The predicted molar refractivity (Wildman–Crippen MR) is 196 cm³/mol. The molecule has 3 aliphatic carbocycles. The van der Waals surface area contributed by atoms with Crippen LogP contribution in [0.3, 0.4) is 0 Å². The quantitative estimate of drug-likeness (QED) is 0.162. The van der Waals surface area contributed by atoms with E-state index in [9.17, 15) is 19.5 Å². The lowest BCUT2D eigenvalue weighted by molar-refractivity contribution is -0.517. The van der Waals surface area contributed by atoms with Crippen molar-refractivity contribution in [2.75, 3.05) is 6.61 Å². The van der Waals surface area contributed by atoms with E-state index >= 15 is 0 Å². The number of hydrogen-bond donors (Lipinski definition) is 3. The number of benzene rings is 1. The first kappa shape index (κ1) is 39.1. The summed E-state index contributed by atoms with van der Waals surface area (Å²) in [5, 5.41) is 25.5. The van der Waals surface area contributed by atoms with Crippen LogP contribution < -0.4 is 5.32 Å². The Labute approximate surface area is 320 Å². The zero-order valence-electron chi connectivity index (χ0n) is 33.4. The first-order valence-corrected chi connectivity index (χ1v) is 21.0. The number of aliphatic hydroxyl groups is 1. The van der Waals surface area contributed by atoms with E-state index in [1.165, 1.54) is 12.1 Å². The molecule has 5 aliphatic heterocycles. The molecule has 2 bridgehead atoms. The first-order valence-electron chi connectivity index (χ1n) is 21.0. The Kier molecular flexibility index (Phi) is 10.1. The molecule has 9 rings (SSSR count). The number of fused-ring (bicyclic) bond motifs is 3. The average molecular weight is 758 g/mol. The highest BCUT2D eigenvalue weighted by molar-refractivity contribution is 5.78. The van der Waals surface area contributed by atoms with Gasteiger partial charge in [-0.25, -0.2) is 24.3 Å². The van der Waals surface area contributed by atoms with Crippen molar-refractivity contribution >= 4 is 5.91 Å². The lowest BCUT2D eigenvalue weighted by Crippen LogP contribution is -2.61. The molecule has 1 amide bonds. The van der Waals surface area contributed by atoms with Gasteiger partial charge in [0, 0.05) is 36.6 Å². The maximum atomic E-state index is 14.4. The third-order valence-electron chi connectivity index (χ3n) is 16.5. The van der Waals surface area contributed by atoms with E-state index in [1.54, 1.807) is 19.1 Å². The van der Waals surface area contributed by atoms with E-state index in [0.29, 0.717) is 43.1 Å². The van der Waals surface area contributed by atoms with Crippen molar-refractivity contribution in [1.82, 2.24) is 5.32 Å². The second-order valence-electron chi connectivity index (χ2n) is 19.3. The molecule has 3 saturated carbocycles. The highest BCUT2D eigenvalue weighted by Crippen LogP contribution is 2.82. The lowest BCUT2D eigenvalue weighted by Gasteiger charge is -2.54. The Hall–Kier alpha value is -1.70. The smallest absolute Gasteiger partial charge is 0.223 e. The van der Waals surface area contributed by atoms with Gasteiger partial charge >= 0.3 is 0 Å². The van der Waals surface area contributed by atoms with Crippen molar-refractivity contribution in [3.8, 4) is 0 Å². The van der Waals surface area contributed by atoms with E-state index in [4.69, 9.17) is 28.9 Å². The molecule has 54 heavy (non-hydrogen) atoms. The number of ether oxygens (including phenoxy) is 3. The molecule has 11 heteroatoms. The summed E-state index contributed by atoms with van der Waals surface area (Å²) in [7, 11) is 0. The van der Waals surface area contributed by atoms with Gasteiger partial charge in [-0.2, -0.15) is 0 Å². The van der Waals surface area contributed by atoms with Gasteiger partial charge in [0.15, 0.2) is 11.6 Å². The molecule has 302 valence electrons. The molecule has 2 spiro atoms. The summed E-state index contributed by atoms with van der Waals surface area (Å²) in [4.78, 5) is 31.8. The van der Waals surface area contributed by atoms with Crippen molar-refractivity contribution in [2.45, 2.75) is 154 Å². The summed E-state index contributed by atoms with van der Waals surface area (Å²) in [6.45, 7) is 15.6. The molecule has 0 radical (unpaired) electrons. The van der Waals surface area contributed by atoms with Crippen LogP contribution in [-0.4, -0.2) is 58.0 Å². The molecule has 10 nitrogen and oxygen atoms in total. The minimum Gasteiger partial charge on any atom is -0.393 e. The van der Waals surface area contributed by atoms with Crippen LogP contribution in [-0.2, 0) is 40.2 Å². The Morgan fingerprint density at radius 3 is 2.37 bits per heavy atom. The van der Waals surface area contributed by atoms with Gasteiger partial charge in [-0.05, 0) is 124 Å². The summed E-state index contributed by atoms with van der Waals surface area (Å²) >= 11 is 0. The maximum absolute atomic E-state index is 14.4. The van der Waals surface area contributed by atoms with Crippen molar-refractivity contribution in [3.63, 3.8) is 0 Å². The number of nitrogens with one attached hydrogen (secondary N) is 1. The predicted octanol–water partition coefficient (Wildman–Crippen LogP) is 7.77. The summed E-state index contributed by atoms with van der Waals surface area (Å²) in [5.41, 5.74) is -0.0469. The molecule has 5 heterocycles. The summed E-state index contributed by atoms with van der Waals surface area (Å²) in [6, 6.07) is 6.15. The molecular formula is C43H64FNO9. The second kappa shape index (κ2) is 14.0. The maximum Gasteiger partial charge on any atom is 0.223 e. The van der Waals surface area contributed by atoms with Gasteiger partial charge in [0.2, 0.25) is 11.7 Å². The standard InChI is InChI=1S/C43H64FNO9/c1-24-8-14-34(41-23-49-39(6,53-54-41)18-16-32(24)41)26(3)36(46)20-30(38(47)45-22-29-10-12-31(44)13-11-29)21-37-27(4)35-15-9-25(2)33-17-19-40(7,52-48)51-43(50-37)28(5)42(33,35)43/h10-13,24-28,30,32-37,46,48H,8-9,14-23H2,1-7H3,(H,45,47). The fourth-order valence-corrected chi connectivity index (χ4v) is 13.3. The zero-order chi connectivity index (χ0) is 38.4. The minimum atomic E-state index is -1.19. The number of carbonyl (C=O) groups is 1. The van der Waals surface area contributed by atoms with Crippen molar-refractivity contribution in [2.24, 2.45) is 64.6 Å². The number of hydrogen-bond acceptors (Lipinski definition) is 9. The van der Waals surface area contributed by atoms with Gasteiger partial charge in [-0.1, -0.05) is 53.2 Å². The second-order valence-corrected chi connectivity index (χ2v) is 19.3. The van der Waals surface area contributed by atoms with Gasteiger partial charge in [0.25, 0.3) is 0 Å². The van der Waals surface area contributed by atoms with Gasteiger partial charge in [-0.3, -0.25) is 4.79 Å². The van der Waals surface area contributed by atoms with Crippen LogP contribution in [0.4, 0.5) is 4.39 Å². The molecule has 1 aromatic rings. The third-order valence-corrected chi connectivity index (χ3v) is 16.5. The van der Waals surface area contributed by atoms with Crippen LogP contribution in [0.5, 0.6) is 0 Å². The Balaban J connectivity index is 1.06. The number of halogens is 1. The van der Waals surface area contributed by atoms with Crippen molar-refractivity contribution < 1.29 is 48.4 Å². The van der Waals surface area contributed by atoms with E-state index < -0.39 is 35.0 Å².